The minimum atomic E-state index is 0.477. The zero-order valence-electron chi connectivity index (χ0n) is 12.5. The van der Waals surface area contributed by atoms with Crippen molar-refractivity contribution in [2.45, 2.75) is 50.0 Å². The van der Waals surface area contributed by atoms with E-state index < -0.39 is 0 Å². The van der Waals surface area contributed by atoms with Gasteiger partial charge in [0.2, 0.25) is 0 Å². The summed E-state index contributed by atoms with van der Waals surface area (Å²) in [5.74, 6) is 5.51. The molecule has 4 saturated carbocycles. The lowest BCUT2D eigenvalue weighted by Crippen LogP contribution is -2.48. The van der Waals surface area contributed by atoms with Crippen molar-refractivity contribution in [3.63, 3.8) is 0 Å². The molecule has 5 fully saturated rings. The fourth-order valence-electron chi connectivity index (χ4n) is 5.84. The maximum Gasteiger partial charge on any atom is 0.111 e. The van der Waals surface area contributed by atoms with Gasteiger partial charge in [-0.15, -0.1) is 11.3 Å². The summed E-state index contributed by atoms with van der Waals surface area (Å²) in [7, 11) is 0. The fraction of sp³-hybridized carbons (Fsp3) is 0.824. The zero-order valence-corrected chi connectivity index (χ0v) is 14.1. The molecule has 4 heteroatoms. The van der Waals surface area contributed by atoms with Gasteiger partial charge in [0.25, 0.3) is 0 Å². The van der Waals surface area contributed by atoms with Crippen molar-refractivity contribution < 1.29 is 0 Å². The van der Waals surface area contributed by atoms with Gasteiger partial charge < -0.3 is 5.32 Å². The predicted molar refractivity (Wildman–Crippen MR) is 90.0 cm³/mol. The van der Waals surface area contributed by atoms with Crippen molar-refractivity contribution in [2.75, 3.05) is 18.1 Å². The van der Waals surface area contributed by atoms with Gasteiger partial charge in [-0.2, -0.15) is 11.8 Å². The van der Waals surface area contributed by atoms with E-state index in [2.05, 4.69) is 22.5 Å². The van der Waals surface area contributed by atoms with E-state index in [1.807, 2.05) is 11.3 Å². The van der Waals surface area contributed by atoms with E-state index in [1.54, 1.807) is 0 Å². The quantitative estimate of drug-likeness (QED) is 0.892. The molecule has 1 N–H and O–H groups in total. The van der Waals surface area contributed by atoms with E-state index >= 15 is 0 Å². The van der Waals surface area contributed by atoms with Gasteiger partial charge in [-0.05, 0) is 56.3 Å². The molecular formula is C17H24N2S2. The lowest BCUT2D eigenvalue weighted by Gasteiger charge is -2.56. The first-order chi connectivity index (χ1) is 10.3. The Bertz CT molecular complexity index is 497. The van der Waals surface area contributed by atoms with E-state index in [1.165, 1.54) is 60.7 Å². The molecule has 5 aliphatic rings. The Morgan fingerprint density at radius 3 is 2.43 bits per heavy atom. The highest BCUT2D eigenvalue weighted by Gasteiger charge is 2.52. The van der Waals surface area contributed by atoms with Crippen LogP contribution < -0.4 is 5.32 Å². The maximum absolute atomic E-state index is 5.17. The second kappa shape index (κ2) is 4.97. The van der Waals surface area contributed by atoms with E-state index in [9.17, 15) is 0 Å². The summed E-state index contributed by atoms with van der Waals surface area (Å²) in [4.78, 5) is 5.17. The van der Waals surface area contributed by atoms with Crippen LogP contribution in [0.4, 0.5) is 0 Å². The average Bonchev–Trinajstić information content (AvgIpc) is 2.97. The van der Waals surface area contributed by atoms with Crippen molar-refractivity contribution in [1.82, 2.24) is 10.3 Å². The summed E-state index contributed by atoms with van der Waals surface area (Å²) in [6, 6.07) is 0.511. The van der Waals surface area contributed by atoms with Crippen LogP contribution in [0.1, 0.15) is 55.3 Å². The maximum atomic E-state index is 5.17. The van der Waals surface area contributed by atoms with Crippen LogP contribution in [-0.4, -0.2) is 23.0 Å². The molecule has 0 radical (unpaired) electrons. The second-order valence-corrected chi connectivity index (χ2v) is 9.89. The Balaban J connectivity index is 1.44. The zero-order chi connectivity index (χ0) is 13.9. The smallest absolute Gasteiger partial charge is 0.111 e. The highest BCUT2D eigenvalue weighted by atomic mass is 32.2. The summed E-state index contributed by atoms with van der Waals surface area (Å²) in [5, 5.41) is 7.42. The lowest BCUT2D eigenvalue weighted by atomic mass is 9.49. The first kappa shape index (κ1) is 13.4. The molecule has 0 aromatic carbocycles. The first-order valence-corrected chi connectivity index (χ1v) is 10.6. The van der Waals surface area contributed by atoms with Crippen LogP contribution in [0, 0.1) is 17.8 Å². The van der Waals surface area contributed by atoms with Gasteiger partial charge in [0.15, 0.2) is 0 Å². The number of thioether (sulfide) groups is 1. The summed E-state index contributed by atoms with van der Waals surface area (Å²) in [6.07, 6.45) is 8.89. The molecule has 1 aromatic rings. The number of aromatic nitrogens is 1. The highest BCUT2D eigenvalue weighted by molar-refractivity contribution is 7.99. The summed E-state index contributed by atoms with van der Waals surface area (Å²) in [6.45, 7) is 1.14. The number of hydrogen-bond acceptors (Lipinski definition) is 4. The molecule has 4 bridgehead atoms. The van der Waals surface area contributed by atoms with Gasteiger partial charge in [-0.1, -0.05) is 0 Å². The molecule has 2 heterocycles. The molecule has 6 rings (SSSR count). The minimum absolute atomic E-state index is 0.477. The monoisotopic (exact) mass is 320 g/mol. The van der Waals surface area contributed by atoms with Crippen molar-refractivity contribution in [3.05, 3.63) is 16.1 Å². The van der Waals surface area contributed by atoms with Gasteiger partial charge in [-0.3, -0.25) is 0 Å². The Morgan fingerprint density at radius 2 is 1.81 bits per heavy atom. The molecule has 2 nitrogen and oxygen atoms in total. The third-order valence-electron chi connectivity index (χ3n) is 6.32. The van der Waals surface area contributed by atoms with Gasteiger partial charge >= 0.3 is 0 Å². The average molecular weight is 321 g/mol. The number of hydrogen-bond donors (Lipinski definition) is 1. The second-order valence-electron chi connectivity index (χ2n) is 7.85. The summed E-state index contributed by atoms with van der Waals surface area (Å²) < 4.78 is 0. The normalized spacial score (nSPS) is 45.1. The SMILES string of the molecule is c1sc(C2CSCCN2)nc1C12CC3CC(CC(C3)C1)C2. The van der Waals surface area contributed by atoms with Crippen LogP contribution in [0.5, 0.6) is 0 Å². The molecule has 1 saturated heterocycles. The minimum Gasteiger partial charge on any atom is -0.306 e. The van der Waals surface area contributed by atoms with Crippen molar-refractivity contribution in [2.24, 2.45) is 17.8 Å². The van der Waals surface area contributed by atoms with Crippen LogP contribution in [-0.2, 0) is 5.41 Å². The van der Waals surface area contributed by atoms with Crippen molar-refractivity contribution >= 4 is 23.1 Å². The summed E-state index contributed by atoms with van der Waals surface area (Å²) >= 11 is 3.99. The molecule has 1 atom stereocenters. The Hall–Kier alpha value is -0.0600. The van der Waals surface area contributed by atoms with Gasteiger partial charge in [0.05, 0.1) is 11.7 Å². The van der Waals surface area contributed by atoms with Crippen molar-refractivity contribution in [1.29, 1.82) is 0 Å². The number of nitrogens with zero attached hydrogens (tertiary/aromatic N) is 1. The molecule has 1 aliphatic heterocycles. The highest BCUT2D eigenvalue weighted by Crippen LogP contribution is 2.60. The molecule has 4 aliphatic carbocycles. The van der Waals surface area contributed by atoms with E-state index in [0.717, 1.165) is 24.3 Å². The largest absolute Gasteiger partial charge is 0.306 e. The number of rotatable bonds is 2. The Kier molecular flexibility index (Phi) is 3.17. The standard InChI is InChI=1S/C17H24N2S2/c1-2-20-9-14(18-1)16-19-15(10-21-16)17-6-11-3-12(7-17)5-13(4-11)8-17/h10-14,18H,1-9H2. The van der Waals surface area contributed by atoms with E-state index in [0.29, 0.717) is 11.5 Å². The number of thiazole rings is 1. The topological polar surface area (TPSA) is 24.9 Å². The molecule has 114 valence electrons. The van der Waals surface area contributed by atoms with Crippen LogP contribution in [0.3, 0.4) is 0 Å². The molecule has 0 amide bonds. The van der Waals surface area contributed by atoms with Crippen LogP contribution in [0.25, 0.3) is 0 Å². The summed E-state index contributed by atoms with van der Waals surface area (Å²) in [5.41, 5.74) is 1.95. The van der Waals surface area contributed by atoms with Gasteiger partial charge in [0.1, 0.15) is 5.01 Å². The molecule has 0 spiro atoms. The van der Waals surface area contributed by atoms with Crippen LogP contribution in [0.2, 0.25) is 0 Å². The molecule has 21 heavy (non-hydrogen) atoms. The van der Waals surface area contributed by atoms with E-state index in [4.69, 9.17) is 4.98 Å². The molecule has 1 aromatic heterocycles. The third-order valence-corrected chi connectivity index (χ3v) is 8.34. The van der Waals surface area contributed by atoms with E-state index in [-0.39, 0.29) is 0 Å². The fourth-order valence-corrected chi connectivity index (χ4v) is 7.90. The third kappa shape index (κ3) is 2.21. The van der Waals surface area contributed by atoms with Crippen LogP contribution >= 0.6 is 23.1 Å². The lowest BCUT2D eigenvalue weighted by molar-refractivity contribution is -0.00700. The Morgan fingerprint density at radius 1 is 1.10 bits per heavy atom. The Labute approximate surface area is 135 Å². The number of nitrogens with one attached hydrogen (secondary N) is 1. The molecule has 1 unspecified atom stereocenters. The van der Waals surface area contributed by atoms with Crippen LogP contribution in [0.15, 0.2) is 5.38 Å². The van der Waals surface area contributed by atoms with Gasteiger partial charge in [0, 0.05) is 28.8 Å². The molecular weight excluding hydrogens is 296 g/mol. The van der Waals surface area contributed by atoms with Crippen molar-refractivity contribution in [3.8, 4) is 0 Å². The predicted octanol–water partition coefficient (Wildman–Crippen LogP) is 3.99. The first-order valence-electron chi connectivity index (χ1n) is 8.58. The van der Waals surface area contributed by atoms with Gasteiger partial charge in [-0.25, -0.2) is 4.98 Å².